The number of rotatable bonds is 7. The molecule has 9 nitrogen and oxygen atoms in total. The van der Waals surface area contributed by atoms with E-state index in [9.17, 15) is 19.2 Å². The Labute approximate surface area is 238 Å². The molecule has 41 heavy (non-hydrogen) atoms. The molecule has 0 aliphatic carbocycles. The maximum absolute atomic E-state index is 13.3. The van der Waals surface area contributed by atoms with E-state index in [2.05, 4.69) is 5.32 Å². The minimum atomic E-state index is -0.699. The number of carbonyl (C=O) groups is 4. The van der Waals surface area contributed by atoms with E-state index < -0.39 is 11.9 Å². The lowest BCUT2D eigenvalue weighted by Crippen LogP contribution is -2.44. The molecule has 2 aliphatic heterocycles. The molecule has 3 aromatic rings. The largest absolute Gasteiger partial charge is 0.465 e. The quantitative estimate of drug-likeness (QED) is 0.338. The molecule has 3 amide bonds. The average molecular weight is 553 g/mol. The number of nitrogens with zero attached hydrogens (tertiary/aromatic N) is 3. The van der Waals surface area contributed by atoms with Crippen LogP contribution in [0.25, 0.3) is 0 Å². The highest BCUT2D eigenvalue weighted by Crippen LogP contribution is 2.37. The molecule has 1 unspecified atom stereocenters. The molecule has 0 radical (unpaired) electrons. The van der Waals surface area contributed by atoms with Crippen molar-refractivity contribution < 1.29 is 23.9 Å². The zero-order valence-electron chi connectivity index (χ0n) is 23.1. The lowest BCUT2D eigenvalue weighted by atomic mass is 9.90. The second kappa shape index (κ2) is 12.2. The van der Waals surface area contributed by atoms with E-state index in [0.717, 1.165) is 37.9 Å². The fourth-order valence-electron chi connectivity index (χ4n) is 5.29. The summed E-state index contributed by atoms with van der Waals surface area (Å²) in [6.45, 7) is 2.88. The van der Waals surface area contributed by atoms with Crippen molar-refractivity contribution in [1.29, 1.82) is 0 Å². The topological polar surface area (TPSA) is 108 Å². The molecule has 0 saturated carbocycles. The third kappa shape index (κ3) is 6.04. The Morgan fingerprint density at radius 3 is 2.32 bits per heavy atom. The number of ether oxygens (including phenoxy) is 1. The second-order valence-electron chi connectivity index (χ2n) is 10.1. The molecule has 3 aromatic carbocycles. The maximum Gasteiger partial charge on any atom is 0.337 e. The molecule has 2 heterocycles. The Morgan fingerprint density at radius 1 is 0.951 bits per heavy atom. The number of anilines is 2. The first-order valence-corrected chi connectivity index (χ1v) is 13.7. The molecule has 0 aromatic heterocycles. The van der Waals surface area contributed by atoms with Crippen LogP contribution < -0.4 is 10.2 Å². The monoisotopic (exact) mass is 552 g/mol. The highest BCUT2D eigenvalue weighted by molar-refractivity contribution is 6.24. The summed E-state index contributed by atoms with van der Waals surface area (Å²) in [6.07, 6.45) is 3.09. The van der Waals surface area contributed by atoms with Crippen LogP contribution in [0, 0.1) is 0 Å². The number of piperidine rings is 1. The summed E-state index contributed by atoms with van der Waals surface area (Å²) in [5, 5.41) is 2.88. The van der Waals surface area contributed by atoms with Gasteiger partial charge in [0.1, 0.15) is 12.5 Å². The van der Waals surface area contributed by atoms with E-state index in [-0.39, 0.29) is 24.3 Å². The number of carbonyl (C=O) groups excluding carboxylic acids is 4. The molecule has 210 valence electrons. The molecule has 1 fully saturated rings. The Bertz CT molecular complexity index is 1490. The van der Waals surface area contributed by atoms with Gasteiger partial charge >= 0.3 is 5.97 Å². The lowest BCUT2D eigenvalue weighted by Gasteiger charge is -2.29. The first-order valence-electron chi connectivity index (χ1n) is 13.7. The Morgan fingerprint density at radius 2 is 1.66 bits per heavy atom. The summed E-state index contributed by atoms with van der Waals surface area (Å²) >= 11 is 0. The number of aliphatic imine (C=N–C) groups is 1. The van der Waals surface area contributed by atoms with Crippen molar-refractivity contribution in [2.45, 2.75) is 32.1 Å². The standard InChI is InChI=1S/C32H32N4O5/c1-21(37)36(20-28(38)35-17-7-4-8-18-35)25-14-12-24(13-15-25)33-30(22-9-5-3-6-10-22)29-26-16-11-23(32(40)41-2)19-27(26)34-31(29)39/h3,5-6,9-16,19,29H,4,7-8,17-18,20H2,1-2H3,(H,34,39). The minimum absolute atomic E-state index is 0.0141. The predicted octanol–water partition coefficient (Wildman–Crippen LogP) is 4.70. The number of hydrogen-bond donors (Lipinski definition) is 1. The van der Waals surface area contributed by atoms with Crippen molar-refractivity contribution in [1.82, 2.24) is 4.90 Å². The zero-order valence-corrected chi connectivity index (χ0v) is 23.1. The van der Waals surface area contributed by atoms with Gasteiger partial charge < -0.3 is 19.9 Å². The summed E-state index contributed by atoms with van der Waals surface area (Å²) in [5.41, 5.74) is 4.10. The highest BCUT2D eigenvalue weighted by Gasteiger charge is 2.36. The second-order valence-corrected chi connectivity index (χ2v) is 10.1. The maximum atomic E-state index is 13.3. The van der Waals surface area contributed by atoms with Crippen molar-refractivity contribution in [3.63, 3.8) is 0 Å². The normalized spacial score (nSPS) is 16.5. The third-order valence-corrected chi connectivity index (χ3v) is 7.44. The summed E-state index contributed by atoms with van der Waals surface area (Å²) in [4.78, 5) is 58.8. The minimum Gasteiger partial charge on any atom is -0.465 e. The number of amides is 3. The molecule has 5 rings (SSSR count). The number of hydrogen-bond acceptors (Lipinski definition) is 6. The third-order valence-electron chi connectivity index (χ3n) is 7.44. The van der Waals surface area contributed by atoms with Gasteiger partial charge in [0.25, 0.3) is 0 Å². The van der Waals surface area contributed by atoms with E-state index in [1.165, 1.54) is 18.9 Å². The van der Waals surface area contributed by atoms with Crippen molar-refractivity contribution in [2.75, 3.05) is 37.0 Å². The van der Waals surface area contributed by atoms with Crippen molar-refractivity contribution >= 4 is 46.5 Å². The Kier molecular flexibility index (Phi) is 8.24. The number of methoxy groups -OCH3 is 1. The van der Waals surface area contributed by atoms with Crippen LogP contribution in [0.5, 0.6) is 0 Å². The van der Waals surface area contributed by atoms with Crippen molar-refractivity contribution in [2.24, 2.45) is 4.99 Å². The number of benzene rings is 3. The van der Waals surface area contributed by atoms with Crippen LogP contribution in [0.4, 0.5) is 17.1 Å². The summed E-state index contributed by atoms with van der Waals surface area (Å²) in [7, 11) is 1.31. The van der Waals surface area contributed by atoms with Crippen molar-refractivity contribution in [3.05, 3.63) is 89.5 Å². The van der Waals surface area contributed by atoms with Crippen LogP contribution in [0.1, 0.15) is 53.6 Å². The van der Waals surface area contributed by atoms with Gasteiger partial charge in [-0.3, -0.25) is 19.4 Å². The number of fused-ring (bicyclic) bond motifs is 1. The summed E-state index contributed by atoms with van der Waals surface area (Å²) < 4.78 is 4.82. The van der Waals surface area contributed by atoms with Gasteiger partial charge in [-0.25, -0.2) is 4.79 Å². The number of likely N-dealkylation sites (tertiary alicyclic amines) is 1. The van der Waals surface area contributed by atoms with E-state index in [0.29, 0.717) is 33.9 Å². The summed E-state index contributed by atoms with van der Waals surface area (Å²) in [5.74, 6) is -1.72. The van der Waals surface area contributed by atoms with Crippen LogP contribution in [0.15, 0.2) is 77.8 Å². The van der Waals surface area contributed by atoms with Crippen LogP contribution >= 0.6 is 0 Å². The van der Waals surface area contributed by atoms with Crippen LogP contribution in [0.3, 0.4) is 0 Å². The molecule has 9 heteroatoms. The zero-order chi connectivity index (χ0) is 28.9. The lowest BCUT2D eigenvalue weighted by molar-refractivity contribution is -0.132. The Hall–Kier alpha value is -4.79. The number of esters is 1. The van der Waals surface area contributed by atoms with E-state index in [4.69, 9.17) is 9.73 Å². The van der Waals surface area contributed by atoms with Gasteiger partial charge in [-0.15, -0.1) is 0 Å². The fraction of sp³-hybridized carbons (Fsp3) is 0.281. The predicted molar refractivity (Wildman–Crippen MR) is 157 cm³/mol. The molecule has 2 aliphatic rings. The van der Waals surface area contributed by atoms with Crippen molar-refractivity contribution in [3.8, 4) is 0 Å². The SMILES string of the molecule is COC(=O)c1ccc2c(c1)NC(=O)C2C(=Nc1ccc(N(CC(=O)N2CCCCC2)C(C)=O)cc1)c1ccccc1. The van der Waals surface area contributed by atoms with Crippen LogP contribution in [-0.4, -0.2) is 61.0 Å². The van der Waals surface area contributed by atoms with Gasteiger partial charge in [0.15, 0.2) is 0 Å². The van der Waals surface area contributed by atoms with Gasteiger partial charge in [-0.05, 0) is 66.8 Å². The van der Waals surface area contributed by atoms with E-state index in [1.54, 1.807) is 42.5 Å². The molecule has 1 N–H and O–H groups in total. The molecule has 0 bridgehead atoms. The van der Waals surface area contributed by atoms with Crippen LogP contribution in [-0.2, 0) is 19.1 Å². The van der Waals surface area contributed by atoms with E-state index >= 15 is 0 Å². The van der Waals surface area contributed by atoms with Gasteiger partial charge in [0.2, 0.25) is 17.7 Å². The number of nitrogens with one attached hydrogen (secondary N) is 1. The Balaban J connectivity index is 1.45. The van der Waals surface area contributed by atoms with Gasteiger partial charge in [-0.1, -0.05) is 36.4 Å². The first kappa shape index (κ1) is 27.8. The van der Waals surface area contributed by atoms with Gasteiger partial charge in [-0.2, -0.15) is 0 Å². The summed E-state index contributed by atoms with van der Waals surface area (Å²) in [6, 6.07) is 21.5. The first-order chi connectivity index (χ1) is 19.9. The smallest absolute Gasteiger partial charge is 0.337 e. The van der Waals surface area contributed by atoms with E-state index in [1.807, 2.05) is 35.2 Å². The molecular weight excluding hydrogens is 520 g/mol. The molecule has 1 atom stereocenters. The average Bonchev–Trinajstić information content (AvgIpc) is 3.33. The molecule has 0 spiro atoms. The van der Waals surface area contributed by atoms with Gasteiger partial charge in [0.05, 0.1) is 24.1 Å². The molecular formula is C32H32N4O5. The van der Waals surface area contributed by atoms with Crippen LogP contribution in [0.2, 0.25) is 0 Å². The molecule has 1 saturated heterocycles. The fourth-order valence-corrected chi connectivity index (χ4v) is 5.29. The highest BCUT2D eigenvalue weighted by atomic mass is 16.5. The van der Waals surface area contributed by atoms with Gasteiger partial charge in [0, 0.05) is 31.4 Å².